The van der Waals surface area contributed by atoms with Crippen molar-refractivity contribution >= 4 is 40.3 Å². The van der Waals surface area contributed by atoms with E-state index in [1.807, 2.05) is 84.9 Å². The van der Waals surface area contributed by atoms with E-state index in [-0.39, 0.29) is 18.0 Å². The average molecular weight is 466 g/mol. The molecule has 0 saturated carbocycles. The van der Waals surface area contributed by atoms with Crippen LogP contribution in [-0.4, -0.2) is 17.0 Å². The van der Waals surface area contributed by atoms with Gasteiger partial charge in [0.1, 0.15) is 0 Å². The summed E-state index contributed by atoms with van der Waals surface area (Å²) in [6, 6.07) is 31.6. The number of nitrogens with zero attached hydrogens (tertiary/aromatic N) is 1. The largest absolute Gasteiger partial charge is 0.478 e. The number of carbonyl (C=O) groups excluding carboxylic acids is 1. The maximum Gasteiger partial charge on any atom is 0.335 e. The van der Waals surface area contributed by atoms with Gasteiger partial charge in [-0.15, -0.1) is 0 Å². The van der Waals surface area contributed by atoms with E-state index in [9.17, 15) is 14.7 Å². The molecule has 0 bridgehead atoms. The van der Waals surface area contributed by atoms with Crippen molar-refractivity contribution in [2.75, 3.05) is 4.90 Å². The Kier molecular flexibility index (Phi) is 5.74. The number of carboxylic acids is 1. The molecule has 0 aromatic heterocycles. The highest BCUT2D eigenvalue weighted by atomic mass is 35.5. The first kappa shape index (κ1) is 21.7. The monoisotopic (exact) mass is 465 g/mol. The van der Waals surface area contributed by atoms with E-state index >= 15 is 0 Å². The number of amides is 1. The summed E-state index contributed by atoms with van der Waals surface area (Å²) in [6.07, 6.45) is 0. The molecule has 5 rings (SSSR count). The SMILES string of the molecule is O=C(O)c1cccc(CN2C(=O)C(=C(c3ccccc3)c3ccccc3Cl)c3ccccc32)c1. The molecule has 1 N–H and O–H groups in total. The van der Waals surface area contributed by atoms with Gasteiger partial charge in [0, 0.05) is 21.7 Å². The highest BCUT2D eigenvalue weighted by molar-refractivity contribution is 6.40. The van der Waals surface area contributed by atoms with Gasteiger partial charge >= 0.3 is 5.97 Å². The number of carbonyl (C=O) groups is 2. The van der Waals surface area contributed by atoms with Gasteiger partial charge in [0.15, 0.2) is 0 Å². The fourth-order valence-electron chi connectivity index (χ4n) is 4.37. The van der Waals surface area contributed by atoms with Crippen LogP contribution in [0.25, 0.3) is 11.1 Å². The zero-order valence-corrected chi connectivity index (χ0v) is 18.9. The first-order valence-corrected chi connectivity index (χ1v) is 11.2. The fourth-order valence-corrected chi connectivity index (χ4v) is 4.60. The average Bonchev–Trinajstić information content (AvgIpc) is 3.13. The second-order valence-electron chi connectivity index (χ2n) is 8.01. The Balaban J connectivity index is 1.71. The number of para-hydroxylation sites is 1. The number of hydrogen-bond donors (Lipinski definition) is 1. The van der Waals surface area contributed by atoms with E-state index in [0.29, 0.717) is 10.6 Å². The summed E-state index contributed by atoms with van der Waals surface area (Å²) in [6.45, 7) is 0.255. The molecule has 0 saturated heterocycles. The van der Waals surface area contributed by atoms with Crippen LogP contribution in [0, 0.1) is 0 Å². The predicted octanol–water partition coefficient (Wildman–Crippen LogP) is 6.54. The highest BCUT2D eigenvalue weighted by Gasteiger charge is 2.35. The van der Waals surface area contributed by atoms with Gasteiger partial charge in [0.05, 0.1) is 23.4 Å². The van der Waals surface area contributed by atoms with Crippen LogP contribution < -0.4 is 4.90 Å². The van der Waals surface area contributed by atoms with E-state index in [2.05, 4.69) is 0 Å². The maximum atomic E-state index is 14.0. The van der Waals surface area contributed by atoms with Crippen molar-refractivity contribution in [1.82, 2.24) is 0 Å². The molecule has 0 unspecified atom stereocenters. The summed E-state index contributed by atoms with van der Waals surface area (Å²) in [5, 5.41) is 9.93. The van der Waals surface area contributed by atoms with Gasteiger partial charge in [0.25, 0.3) is 5.91 Å². The van der Waals surface area contributed by atoms with Crippen LogP contribution in [0.5, 0.6) is 0 Å². The van der Waals surface area contributed by atoms with Crippen molar-refractivity contribution in [3.8, 4) is 0 Å². The van der Waals surface area contributed by atoms with Gasteiger partial charge in [-0.1, -0.05) is 90.5 Å². The van der Waals surface area contributed by atoms with Crippen molar-refractivity contribution in [2.45, 2.75) is 6.54 Å². The Morgan fingerprint density at radius 3 is 2.24 bits per heavy atom. The van der Waals surface area contributed by atoms with Crippen LogP contribution in [0.2, 0.25) is 5.02 Å². The van der Waals surface area contributed by atoms with E-state index in [0.717, 1.165) is 33.5 Å². The van der Waals surface area contributed by atoms with Crippen LogP contribution in [0.3, 0.4) is 0 Å². The van der Waals surface area contributed by atoms with Crippen molar-refractivity contribution in [1.29, 1.82) is 0 Å². The van der Waals surface area contributed by atoms with Crippen LogP contribution >= 0.6 is 11.6 Å². The first-order valence-electron chi connectivity index (χ1n) is 10.8. The minimum Gasteiger partial charge on any atom is -0.478 e. The summed E-state index contributed by atoms with van der Waals surface area (Å²) in [5.74, 6) is -1.15. The molecule has 0 spiro atoms. The minimum absolute atomic E-state index is 0.152. The second-order valence-corrected chi connectivity index (χ2v) is 8.42. The molecule has 1 aliphatic rings. The maximum absolute atomic E-state index is 14.0. The van der Waals surface area contributed by atoms with Crippen molar-refractivity contribution in [3.63, 3.8) is 0 Å². The number of aromatic carboxylic acids is 1. The topological polar surface area (TPSA) is 57.6 Å². The normalized spacial score (nSPS) is 14.1. The van der Waals surface area contributed by atoms with Gasteiger partial charge in [-0.2, -0.15) is 0 Å². The number of hydrogen-bond acceptors (Lipinski definition) is 2. The molecular formula is C29H20ClNO3. The predicted molar refractivity (Wildman–Crippen MR) is 135 cm³/mol. The van der Waals surface area contributed by atoms with Gasteiger partial charge in [0.2, 0.25) is 0 Å². The molecule has 0 aliphatic carbocycles. The smallest absolute Gasteiger partial charge is 0.335 e. The molecule has 0 fully saturated rings. The van der Waals surface area contributed by atoms with E-state index < -0.39 is 5.97 Å². The van der Waals surface area contributed by atoms with Gasteiger partial charge in [-0.25, -0.2) is 4.79 Å². The lowest BCUT2D eigenvalue weighted by molar-refractivity contribution is -0.113. The molecule has 0 atom stereocenters. The number of carboxylic acid groups (broad SMARTS) is 1. The first-order chi connectivity index (χ1) is 16.5. The van der Waals surface area contributed by atoms with E-state index in [4.69, 9.17) is 11.6 Å². The lowest BCUT2D eigenvalue weighted by Gasteiger charge is -2.18. The fraction of sp³-hybridized carbons (Fsp3) is 0.0345. The van der Waals surface area contributed by atoms with Crippen LogP contribution in [0.1, 0.15) is 32.6 Å². The second kappa shape index (κ2) is 9.00. The summed E-state index contributed by atoms with van der Waals surface area (Å²) in [4.78, 5) is 27.1. The summed E-state index contributed by atoms with van der Waals surface area (Å²) < 4.78 is 0. The standard InChI is InChI=1S/C29H20ClNO3/c30-24-15-6-4-13-22(24)26(20-10-2-1-3-11-20)27-23-14-5-7-16-25(23)31(28(27)32)18-19-9-8-12-21(17-19)29(33)34/h1-17H,18H2,(H,33,34). The highest BCUT2D eigenvalue weighted by Crippen LogP contribution is 2.44. The Bertz CT molecular complexity index is 1440. The Labute approximate surface area is 202 Å². The zero-order valence-electron chi connectivity index (χ0n) is 18.1. The Hall–Kier alpha value is -4.15. The molecule has 5 heteroatoms. The summed E-state index contributed by atoms with van der Waals surface area (Å²) in [5.41, 5.74) is 5.54. The molecule has 1 heterocycles. The van der Waals surface area contributed by atoms with Crippen LogP contribution in [0.4, 0.5) is 5.69 Å². The van der Waals surface area contributed by atoms with Crippen molar-refractivity contribution in [3.05, 3.63) is 136 Å². The van der Waals surface area contributed by atoms with Crippen molar-refractivity contribution in [2.24, 2.45) is 0 Å². The quantitative estimate of drug-likeness (QED) is 0.340. The molecule has 0 radical (unpaired) electrons. The molecule has 4 aromatic carbocycles. The molecule has 1 amide bonds. The number of benzene rings is 4. The molecular weight excluding hydrogens is 446 g/mol. The molecule has 4 aromatic rings. The molecule has 1 aliphatic heterocycles. The summed E-state index contributed by atoms with van der Waals surface area (Å²) >= 11 is 6.62. The summed E-state index contributed by atoms with van der Waals surface area (Å²) in [7, 11) is 0. The molecule has 4 nitrogen and oxygen atoms in total. The number of halogens is 1. The third-order valence-corrected chi connectivity index (χ3v) is 6.22. The van der Waals surface area contributed by atoms with E-state index in [1.54, 1.807) is 23.1 Å². The zero-order chi connectivity index (χ0) is 23.7. The number of fused-ring (bicyclic) bond motifs is 1. The Morgan fingerprint density at radius 2 is 1.47 bits per heavy atom. The van der Waals surface area contributed by atoms with Crippen molar-refractivity contribution < 1.29 is 14.7 Å². The lowest BCUT2D eigenvalue weighted by Crippen LogP contribution is -2.26. The van der Waals surface area contributed by atoms with Crippen LogP contribution in [0.15, 0.2) is 103 Å². The molecule has 166 valence electrons. The van der Waals surface area contributed by atoms with Gasteiger partial charge in [-0.3, -0.25) is 4.79 Å². The molecule has 34 heavy (non-hydrogen) atoms. The Morgan fingerprint density at radius 1 is 0.794 bits per heavy atom. The van der Waals surface area contributed by atoms with E-state index in [1.165, 1.54) is 0 Å². The van der Waals surface area contributed by atoms with Crippen LogP contribution in [-0.2, 0) is 11.3 Å². The van der Waals surface area contributed by atoms with Gasteiger partial charge < -0.3 is 10.0 Å². The lowest BCUT2D eigenvalue weighted by atomic mass is 9.90. The van der Waals surface area contributed by atoms with Gasteiger partial charge in [-0.05, 0) is 35.4 Å². The number of anilines is 1. The minimum atomic E-state index is -0.999. The third kappa shape index (κ3) is 3.89. The third-order valence-electron chi connectivity index (χ3n) is 5.89. The number of rotatable bonds is 5.